The molecule has 1 N–H and O–H groups in total. The monoisotopic (exact) mass is 235 g/mol. The molecule has 1 heterocycles. The van der Waals surface area contributed by atoms with Crippen LogP contribution in [0.5, 0.6) is 5.75 Å². The molecule has 0 saturated carbocycles. The first-order valence-electron chi connectivity index (χ1n) is 5.88. The molecule has 0 amide bonds. The van der Waals surface area contributed by atoms with Crippen molar-refractivity contribution in [3.63, 3.8) is 0 Å². The van der Waals surface area contributed by atoms with Gasteiger partial charge in [0.1, 0.15) is 5.75 Å². The lowest BCUT2D eigenvalue weighted by Gasteiger charge is -2.04. The van der Waals surface area contributed by atoms with E-state index < -0.39 is 0 Å². The van der Waals surface area contributed by atoms with Crippen LogP contribution in [0.4, 0.5) is 0 Å². The first kappa shape index (κ1) is 10.8. The second kappa shape index (κ2) is 4.15. The summed E-state index contributed by atoms with van der Waals surface area (Å²) in [6.07, 6.45) is 1.87. The molecule has 0 aliphatic rings. The molecule has 0 spiro atoms. The summed E-state index contributed by atoms with van der Waals surface area (Å²) in [6, 6.07) is 15.5. The maximum atomic E-state index is 9.30. The number of benzene rings is 2. The second-order valence-corrected chi connectivity index (χ2v) is 4.47. The van der Waals surface area contributed by atoms with Crippen LogP contribution in [-0.2, 0) is 0 Å². The molecule has 18 heavy (non-hydrogen) atoms. The average molecular weight is 235 g/mol. The minimum Gasteiger partial charge on any atom is -0.508 e. The van der Waals surface area contributed by atoms with Crippen molar-refractivity contribution in [1.82, 2.24) is 4.98 Å². The first-order chi connectivity index (χ1) is 8.72. The number of aromatic hydroxyl groups is 1. The summed E-state index contributed by atoms with van der Waals surface area (Å²) < 4.78 is 0. The van der Waals surface area contributed by atoms with Crippen LogP contribution in [0, 0.1) is 6.92 Å². The highest BCUT2D eigenvalue weighted by Gasteiger charge is 2.01. The van der Waals surface area contributed by atoms with Crippen LogP contribution < -0.4 is 0 Å². The highest BCUT2D eigenvalue weighted by Crippen LogP contribution is 2.24. The van der Waals surface area contributed by atoms with Gasteiger partial charge in [-0.1, -0.05) is 23.8 Å². The Kier molecular flexibility index (Phi) is 2.49. The van der Waals surface area contributed by atoms with Gasteiger partial charge in [-0.15, -0.1) is 0 Å². The van der Waals surface area contributed by atoms with E-state index in [1.807, 2.05) is 24.4 Å². The third-order valence-electron chi connectivity index (χ3n) is 3.04. The lowest BCUT2D eigenvalue weighted by atomic mass is 10.0. The number of aryl methyl sites for hydroxylation is 1. The van der Waals surface area contributed by atoms with Crippen molar-refractivity contribution in [2.45, 2.75) is 6.92 Å². The molecule has 2 aromatic carbocycles. The fourth-order valence-electron chi connectivity index (χ4n) is 2.06. The Balaban J connectivity index is 2.15. The van der Waals surface area contributed by atoms with Crippen molar-refractivity contribution in [1.29, 1.82) is 0 Å². The Bertz CT molecular complexity index is 702. The lowest BCUT2D eigenvalue weighted by molar-refractivity contribution is 0.475. The van der Waals surface area contributed by atoms with Gasteiger partial charge in [-0.3, -0.25) is 4.98 Å². The Hall–Kier alpha value is -2.35. The minimum absolute atomic E-state index is 0.281. The predicted molar refractivity (Wildman–Crippen MR) is 73.6 cm³/mol. The van der Waals surface area contributed by atoms with E-state index in [2.05, 4.69) is 30.1 Å². The highest BCUT2D eigenvalue weighted by atomic mass is 16.3. The fourth-order valence-corrected chi connectivity index (χ4v) is 2.06. The number of pyridine rings is 1. The molecule has 0 fully saturated rings. The number of nitrogens with zero attached hydrogens (tertiary/aromatic N) is 1. The zero-order chi connectivity index (χ0) is 12.5. The quantitative estimate of drug-likeness (QED) is 0.693. The van der Waals surface area contributed by atoms with Gasteiger partial charge in [0.15, 0.2) is 0 Å². The smallest absolute Gasteiger partial charge is 0.115 e. The number of rotatable bonds is 1. The summed E-state index contributed by atoms with van der Waals surface area (Å²) >= 11 is 0. The number of phenolic OH excluding ortho intramolecular Hbond substituents is 1. The van der Waals surface area contributed by atoms with E-state index in [1.54, 1.807) is 12.1 Å². The van der Waals surface area contributed by atoms with Crippen LogP contribution in [0.1, 0.15) is 5.56 Å². The Morgan fingerprint density at radius 1 is 0.889 bits per heavy atom. The van der Waals surface area contributed by atoms with Crippen LogP contribution in [0.2, 0.25) is 0 Å². The van der Waals surface area contributed by atoms with Gasteiger partial charge in [-0.25, -0.2) is 0 Å². The molecule has 0 aliphatic heterocycles. The van der Waals surface area contributed by atoms with Gasteiger partial charge >= 0.3 is 0 Å². The van der Waals surface area contributed by atoms with Gasteiger partial charge < -0.3 is 5.11 Å². The van der Waals surface area contributed by atoms with E-state index in [9.17, 15) is 5.11 Å². The van der Waals surface area contributed by atoms with Crippen molar-refractivity contribution in [3.8, 4) is 16.9 Å². The van der Waals surface area contributed by atoms with E-state index in [-0.39, 0.29) is 5.75 Å². The van der Waals surface area contributed by atoms with Crippen LogP contribution in [0.15, 0.2) is 54.7 Å². The van der Waals surface area contributed by atoms with Gasteiger partial charge in [-0.05, 0) is 42.8 Å². The number of hydrogen-bond acceptors (Lipinski definition) is 2. The molecule has 0 radical (unpaired) electrons. The van der Waals surface area contributed by atoms with Crippen molar-refractivity contribution in [2.75, 3.05) is 0 Å². The van der Waals surface area contributed by atoms with Gasteiger partial charge in [0.2, 0.25) is 0 Å². The molecular weight excluding hydrogens is 222 g/mol. The van der Waals surface area contributed by atoms with Crippen molar-refractivity contribution >= 4 is 10.9 Å². The molecule has 0 saturated heterocycles. The standard InChI is InChI=1S/C16H13NO/c1-11-2-7-16-13(8-11)9-14(10-17-16)12-3-5-15(18)6-4-12/h2-10,18H,1H3. The van der Waals surface area contributed by atoms with Gasteiger partial charge in [-0.2, -0.15) is 0 Å². The Morgan fingerprint density at radius 2 is 1.67 bits per heavy atom. The van der Waals surface area contributed by atoms with Gasteiger partial charge in [0.25, 0.3) is 0 Å². The topological polar surface area (TPSA) is 33.1 Å². The summed E-state index contributed by atoms with van der Waals surface area (Å²) in [4.78, 5) is 4.46. The molecule has 1 aromatic heterocycles. The Labute approximate surface area is 106 Å². The number of hydrogen-bond donors (Lipinski definition) is 1. The van der Waals surface area contributed by atoms with Crippen molar-refractivity contribution in [3.05, 3.63) is 60.3 Å². The summed E-state index contributed by atoms with van der Waals surface area (Å²) in [6.45, 7) is 2.08. The highest BCUT2D eigenvalue weighted by molar-refractivity contribution is 5.84. The van der Waals surface area contributed by atoms with E-state index in [4.69, 9.17) is 0 Å². The normalized spacial score (nSPS) is 10.7. The summed E-state index contributed by atoms with van der Waals surface area (Å²) in [5.74, 6) is 0.281. The molecule has 3 aromatic rings. The molecular formula is C16H13NO. The molecule has 0 atom stereocenters. The summed E-state index contributed by atoms with van der Waals surface area (Å²) in [5.41, 5.74) is 4.35. The van der Waals surface area contributed by atoms with Crippen LogP contribution in [0.25, 0.3) is 22.0 Å². The third kappa shape index (κ3) is 1.93. The van der Waals surface area contributed by atoms with Gasteiger partial charge in [0, 0.05) is 17.1 Å². The largest absolute Gasteiger partial charge is 0.508 e. The fraction of sp³-hybridized carbons (Fsp3) is 0.0625. The SMILES string of the molecule is Cc1ccc2ncc(-c3ccc(O)cc3)cc2c1. The number of phenols is 1. The van der Waals surface area contributed by atoms with E-state index >= 15 is 0 Å². The maximum absolute atomic E-state index is 9.30. The van der Waals surface area contributed by atoms with Crippen LogP contribution >= 0.6 is 0 Å². The summed E-state index contributed by atoms with van der Waals surface area (Å²) in [5, 5.41) is 10.4. The first-order valence-corrected chi connectivity index (χ1v) is 5.88. The molecule has 0 aliphatic carbocycles. The number of aromatic nitrogens is 1. The predicted octanol–water partition coefficient (Wildman–Crippen LogP) is 3.92. The second-order valence-electron chi connectivity index (χ2n) is 4.47. The third-order valence-corrected chi connectivity index (χ3v) is 3.04. The lowest BCUT2D eigenvalue weighted by Crippen LogP contribution is -1.83. The van der Waals surface area contributed by atoms with Gasteiger partial charge in [0.05, 0.1) is 5.52 Å². The molecule has 2 nitrogen and oxygen atoms in total. The Morgan fingerprint density at radius 3 is 2.44 bits per heavy atom. The van der Waals surface area contributed by atoms with Crippen molar-refractivity contribution in [2.24, 2.45) is 0 Å². The molecule has 2 heteroatoms. The zero-order valence-electron chi connectivity index (χ0n) is 10.1. The van der Waals surface area contributed by atoms with Crippen molar-refractivity contribution < 1.29 is 5.11 Å². The minimum atomic E-state index is 0.281. The number of fused-ring (bicyclic) bond motifs is 1. The molecule has 88 valence electrons. The molecule has 3 rings (SSSR count). The maximum Gasteiger partial charge on any atom is 0.115 e. The average Bonchev–Trinajstić information content (AvgIpc) is 2.38. The van der Waals surface area contributed by atoms with E-state index in [0.29, 0.717) is 0 Å². The van der Waals surface area contributed by atoms with Crippen LogP contribution in [-0.4, -0.2) is 10.1 Å². The zero-order valence-corrected chi connectivity index (χ0v) is 10.1. The molecule has 0 bridgehead atoms. The molecule has 0 unspecified atom stereocenters. The van der Waals surface area contributed by atoms with E-state index in [1.165, 1.54) is 5.56 Å². The van der Waals surface area contributed by atoms with E-state index in [0.717, 1.165) is 22.0 Å². The summed E-state index contributed by atoms with van der Waals surface area (Å²) in [7, 11) is 0. The van der Waals surface area contributed by atoms with Crippen LogP contribution in [0.3, 0.4) is 0 Å².